The van der Waals surface area contributed by atoms with Crippen molar-refractivity contribution in [1.82, 2.24) is 5.32 Å². The van der Waals surface area contributed by atoms with Crippen LogP contribution in [0.15, 0.2) is 24.3 Å². The van der Waals surface area contributed by atoms with Crippen LogP contribution in [0.4, 0.5) is 0 Å². The number of hydrogen-bond donors (Lipinski definition) is 1. The first-order chi connectivity index (χ1) is 7.18. The molecule has 1 aromatic carbocycles. The first-order valence-electron chi connectivity index (χ1n) is 5.67. The SMILES string of the molecule is CCC1NCCC1(C)c1ccccc1Cl. The molecular weight excluding hydrogens is 206 g/mol. The van der Waals surface area contributed by atoms with Gasteiger partial charge in [-0.25, -0.2) is 0 Å². The summed E-state index contributed by atoms with van der Waals surface area (Å²) in [5.41, 5.74) is 1.50. The fourth-order valence-corrected chi connectivity index (χ4v) is 3.10. The van der Waals surface area contributed by atoms with E-state index in [1.54, 1.807) is 0 Å². The van der Waals surface area contributed by atoms with Crippen LogP contribution in [0.1, 0.15) is 32.3 Å². The zero-order valence-corrected chi connectivity index (χ0v) is 10.1. The van der Waals surface area contributed by atoms with Crippen LogP contribution in [-0.2, 0) is 5.41 Å². The molecule has 1 saturated heterocycles. The van der Waals surface area contributed by atoms with Crippen molar-refractivity contribution in [1.29, 1.82) is 0 Å². The molecular formula is C13H18ClN. The Morgan fingerprint density at radius 1 is 1.47 bits per heavy atom. The van der Waals surface area contributed by atoms with E-state index in [9.17, 15) is 0 Å². The average molecular weight is 224 g/mol. The highest BCUT2D eigenvalue weighted by Gasteiger charge is 2.39. The predicted molar refractivity (Wildman–Crippen MR) is 65.5 cm³/mol. The van der Waals surface area contributed by atoms with Gasteiger partial charge in [-0.2, -0.15) is 0 Å². The van der Waals surface area contributed by atoms with Crippen molar-refractivity contribution >= 4 is 11.6 Å². The van der Waals surface area contributed by atoms with Crippen molar-refractivity contribution < 1.29 is 0 Å². The topological polar surface area (TPSA) is 12.0 Å². The molecule has 1 nitrogen and oxygen atoms in total. The molecule has 0 aromatic heterocycles. The lowest BCUT2D eigenvalue weighted by Gasteiger charge is -2.31. The van der Waals surface area contributed by atoms with Crippen molar-refractivity contribution in [2.24, 2.45) is 0 Å². The summed E-state index contributed by atoms with van der Waals surface area (Å²) in [4.78, 5) is 0. The number of nitrogens with one attached hydrogen (secondary N) is 1. The third-order valence-electron chi connectivity index (χ3n) is 3.70. The molecule has 1 aliphatic heterocycles. The van der Waals surface area contributed by atoms with Crippen LogP contribution >= 0.6 is 11.6 Å². The molecule has 2 heteroatoms. The van der Waals surface area contributed by atoms with Crippen LogP contribution < -0.4 is 5.32 Å². The van der Waals surface area contributed by atoms with E-state index >= 15 is 0 Å². The van der Waals surface area contributed by atoms with E-state index in [-0.39, 0.29) is 5.41 Å². The van der Waals surface area contributed by atoms with E-state index in [2.05, 4.69) is 31.3 Å². The largest absolute Gasteiger partial charge is 0.313 e. The van der Waals surface area contributed by atoms with Crippen LogP contribution in [-0.4, -0.2) is 12.6 Å². The molecule has 2 rings (SSSR count). The second-order valence-corrected chi connectivity index (χ2v) is 4.97. The van der Waals surface area contributed by atoms with Gasteiger partial charge in [0.05, 0.1) is 0 Å². The highest BCUT2D eigenvalue weighted by Crippen LogP contribution is 2.39. The number of benzene rings is 1. The van der Waals surface area contributed by atoms with Gasteiger partial charge in [0.1, 0.15) is 0 Å². The van der Waals surface area contributed by atoms with Gasteiger partial charge in [-0.1, -0.05) is 43.6 Å². The Balaban J connectivity index is 2.40. The summed E-state index contributed by atoms with van der Waals surface area (Å²) in [5.74, 6) is 0. The van der Waals surface area contributed by atoms with E-state index in [1.165, 1.54) is 12.0 Å². The molecule has 1 N–H and O–H groups in total. The Bertz CT molecular complexity index is 350. The van der Waals surface area contributed by atoms with Crippen LogP contribution in [0.5, 0.6) is 0 Å². The molecule has 0 aliphatic carbocycles. The lowest BCUT2D eigenvalue weighted by molar-refractivity contribution is 0.393. The lowest BCUT2D eigenvalue weighted by Crippen LogP contribution is -2.37. The van der Waals surface area contributed by atoms with Crippen molar-refractivity contribution in [3.8, 4) is 0 Å². The van der Waals surface area contributed by atoms with E-state index < -0.39 is 0 Å². The maximum absolute atomic E-state index is 6.29. The van der Waals surface area contributed by atoms with E-state index in [4.69, 9.17) is 11.6 Å². The number of rotatable bonds is 2. The van der Waals surface area contributed by atoms with Gasteiger partial charge in [-0.3, -0.25) is 0 Å². The maximum Gasteiger partial charge on any atom is 0.0444 e. The summed E-state index contributed by atoms with van der Waals surface area (Å²) >= 11 is 6.29. The van der Waals surface area contributed by atoms with E-state index in [0.29, 0.717) is 6.04 Å². The Labute approximate surface area is 96.8 Å². The van der Waals surface area contributed by atoms with Gasteiger partial charge in [0.15, 0.2) is 0 Å². The highest BCUT2D eigenvalue weighted by molar-refractivity contribution is 6.31. The fraction of sp³-hybridized carbons (Fsp3) is 0.538. The predicted octanol–water partition coefficient (Wildman–Crippen LogP) is 3.37. The van der Waals surface area contributed by atoms with Crippen LogP contribution in [0.25, 0.3) is 0 Å². The van der Waals surface area contributed by atoms with Crippen LogP contribution in [0.3, 0.4) is 0 Å². The molecule has 2 unspecified atom stereocenters. The fourth-order valence-electron chi connectivity index (χ4n) is 2.75. The van der Waals surface area contributed by atoms with Gasteiger partial charge in [0.2, 0.25) is 0 Å². The van der Waals surface area contributed by atoms with Gasteiger partial charge in [0, 0.05) is 16.5 Å². The molecule has 0 spiro atoms. The Morgan fingerprint density at radius 2 is 2.20 bits per heavy atom. The first-order valence-corrected chi connectivity index (χ1v) is 6.04. The molecule has 2 atom stereocenters. The lowest BCUT2D eigenvalue weighted by atomic mass is 9.75. The molecule has 0 radical (unpaired) electrons. The molecule has 82 valence electrons. The zero-order valence-electron chi connectivity index (χ0n) is 9.39. The summed E-state index contributed by atoms with van der Waals surface area (Å²) < 4.78 is 0. The third kappa shape index (κ3) is 1.79. The van der Waals surface area contributed by atoms with Gasteiger partial charge < -0.3 is 5.32 Å². The summed E-state index contributed by atoms with van der Waals surface area (Å²) in [6.07, 6.45) is 2.33. The van der Waals surface area contributed by atoms with Gasteiger partial charge >= 0.3 is 0 Å². The minimum absolute atomic E-state index is 0.201. The van der Waals surface area contributed by atoms with E-state index in [1.807, 2.05) is 12.1 Å². The minimum Gasteiger partial charge on any atom is -0.313 e. The van der Waals surface area contributed by atoms with Crippen LogP contribution in [0, 0.1) is 0 Å². The van der Waals surface area contributed by atoms with E-state index in [0.717, 1.165) is 18.0 Å². The first kappa shape index (κ1) is 11.0. The number of halogens is 1. The molecule has 0 saturated carbocycles. The quantitative estimate of drug-likeness (QED) is 0.811. The average Bonchev–Trinajstić information content (AvgIpc) is 2.61. The standard InChI is InChI=1S/C13H18ClN/c1-3-12-13(2,8-9-15-12)10-6-4-5-7-11(10)14/h4-7,12,15H,3,8-9H2,1-2H3. The summed E-state index contributed by atoms with van der Waals surface area (Å²) in [5, 5.41) is 4.47. The normalized spacial score (nSPS) is 30.7. The van der Waals surface area contributed by atoms with Crippen LogP contribution in [0.2, 0.25) is 5.02 Å². The Kier molecular flexibility index (Phi) is 3.03. The molecule has 1 fully saturated rings. The molecule has 15 heavy (non-hydrogen) atoms. The highest BCUT2D eigenvalue weighted by atomic mass is 35.5. The maximum atomic E-state index is 6.29. The summed E-state index contributed by atoms with van der Waals surface area (Å²) in [6, 6.07) is 8.79. The Hall–Kier alpha value is -0.530. The monoisotopic (exact) mass is 223 g/mol. The van der Waals surface area contributed by atoms with Gasteiger partial charge in [-0.15, -0.1) is 0 Å². The number of hydrogen-bond acceptors (Lipinski definition) is 1. The molecule has 0 bridgehead atoms. The van der Waals surface area contributed by atoms with Gasteiger partial charge in [0.25, 0.3) is 0 Å². The van der Waals surface area contributed by atoms with Crippen molar-refractivity contribution in [3.05, 3.63) is 34.9 Å². The minimum atomic E-state index is 0.201. The second-order valence-electron chi connectivity index (χ2n) is 4.56. The molecule has 1 heterocycles. The van der Waals surface area contributed by atoms with Crippen molar-refractivity contribution in [2.45, 2.75) is 38.1 Å². The summed E-state index contributed by atoms with van der Waals surface area (Å²) in [6.45, 7) is 5.65. The third-order valence-corrected chi connectivity index (χ3v) is 4.03. The smallest absolute Gasteiger partial charge is 0.0444 e. The van der Waals surface area contributed by atoms with Crippen molar-refractivity contribution in [2.75, 3.05) is 6.54 Å². The Morgan fingerprint density at radius 3 is 2.87 bits per heavy atom. The van der Waals surface area contributed by atoms with Gasteiger partial charge in [-0.05, 0) is 31.0 Å². The molecule has 1 aliphatic rings. The summed E-state index contributed by atoms with van der Waals surface area (Å²) in [7, 11) is 0. The van der Waals surface area contributed by atoms with Crippen molar-refractivity contribution in [3.63, 3.8) is 0 Å². The second kappa shape index (κ2) is 4.15. The molecule has 0 amide bonds. The zero-order chi connectivity index (χ0) is 10.9. The molecule has 1 aromatic rings.